The van der Waals surface area contributed by atoms with Gasteiger partial charge in [-0.15, -0.1) is 0 Å². The number of anilines is 1. The lowest BCUT2D eigenvalue weighted by Crippen LogP contribution is -2.20. The average Bonchev–Trinajstić information content (AvgIpc) is 3.23. The number of aromatic amines is 1. The predicted octanol–water partition coefficient (Wildman–Crippen LogP) is 3.63. The third-order valence-electron chi connectivity index (χ3n) is 5.77. The summed E-state index contributed by atoms with van der Waals surface area (Å²) in [5, 5.41) is 20.3. The number of benzene rings is 1. The molecule has 0 aliphatic heterocycles. The van der Waals surface area contributed by atoms with Crippen LogP contribution in [0.15, 0.2) is 36.0 Å². The summed E-state index contributed by atoms with van der Waals surface area (Å²) in [7, 11) is 0. The number of nitrogens with one attached hydrogen (secondary N) is 1. The Morgan fingerprint density at radius 1 is 1.25 bits per heavy atom. The number of nitrogens with zero attached hydrogens (tertiary/aromatic N) is 3. The number of fused-ring (bicyclic) bond motifs is 2. The van der Waals surface area contributed by atoms with E-state index in [9.17, 15) is 15.3 Å². The zero-order valence-corrected chi connectivity index (χ0v) is 18.1. The molecule has 7 heteroatoms. The first-order valence-corrected chi connectivity index (χ1v) is 10.2. The van der Waals surface area contributed by atoms with Crippen LogP contribution in [0.2, 0.25) is 0 Å². The van der Waals surface area contributed by atoms with Crippen molar-refractivity contribution in [3.63, 3.8) is 0 Å². The molecule has 4 rings (SSSR count). The first-order valence-electron chi connectivity index (χ1n) is 10.2. The molecule has 158 valence electrons. The molecule has 3 N–H and O–H groups in total. The Morgan fingerprint density at radius 2 is 2.00 bits per heavy atom. The summed E-state index contributed by atoms with van der Waals surface area (Å²) in [6, 6.07) is 12.2. The Morgan fingerprint density at radius 3 is 2.69 bits per heavy atom. The van der Waals surface area contributed by atoms with Gasteiger partial charge in [0.2, 0.25) is 0 Å². The van der Waals surface area contributed by atoms with Gasteiger partial charge in [0.1, 0.15) is 29.8 Å². The minimum Gasteiger partial charge on any atom is -0.465 e. The molecule has 1 aromatic carbocycles. The van der Waals surface area contributed by atoms with E-state index in [2.05, 4.69) is 17.1 Å². The van der Waals surface area contributed by atoms with Crippen molar-refractivity contribution in [2.24, 2.45) is 0 Å². The average molecular weight is 424 g/mol. The fourth-order valence-corrected chi connectivity index (χ4v) is 4.29. The van der Waals surface area contributed by atoms with E-state index in [4.69, 9.17) is 10.5 Å². The monoisotopic (exact) mass is 424 g/mol. The number of hydrogen-bond acceptors (Lipinski definition) is 5. The van der Waals surface area contributed by atoms with E-state index in [1.807, 2.05) is 55.0 Å². The van der Waals surface area contributed by atoms with Gasteiger partial charge in [-0.1, -0.05) is 18.2 Å². The van der Waals surface area contributed by atoms with Crippen molar-refractivity contribution in [3.8, 4) is 12.1 Å². The number of nitrogens with two attached hydrogens (primary N) is 1. The fraction of sp³-hybridized carbons (Fsp3) is 0.200. The lowest BCUT2D eigenvalue weighted by Gasteiger charge is -2.08. The fourth-order valence-electron chi connectivity index (χ4n) is 4.29. The molecule has 1 aliphatic carbocycles. The van der Waals surface area contributed by atoms with Crippen LogP contribution in [-0.2, 0) is 16.1 Å². The smallest absolute Gasteiger partial charge is 0.325 e. The number of carbonyl (C=O) groups excluding carboxylic acids is 1. The van der Waals surface area contributed by atoms with Gasteiger partial charge < -0.3 is 9.30 Å². The Bertz CT molecular complexity index is 1430. The Labute approximate surface area is 185 Å². The van der Waals surface area contributed by atoms with Gasteiger partial charge in [0.25, 0.3) is 5.82 Å². The van der Waals surface area contributed by atoms with E-state index in [1.54, 1.807) is 6.92 Å². The van der Waals surface area contributed by atoms with Crippen molar-refractivity contribution in [3.05, 3.63) is 64.0 Å². The second-order valence-electron chi connectivity index (χ2n) is 7.60. The number of esters is 1. The van der Waals surface area contributed by atoms with Gasteiger partial charge in [-0.3, -0.25) is 10.5 Å². The molecule has 1 aliphatic rings. The highest BCUT2D eigenvalue weighted by Gasteiger charge is 2.32. The summed E-state index contributed by atoms with van der Waals surface area (Å²) in [4.78, 5) is 15.2. The van der Waals surface area contributed by atoms with Crippen LogP contribution in [0.5, 0.6) is 0 Å². The summed E-state index contributed by atoms with van der Waals surface area (Å²) >= 11 is 0. The summed E-state index contributed by atoms with van der Waals surface area (Å²) in [6.07, 6.45) is 3.91. The van der Waals surface area contributed by atoms with Crippen LogP contribution in [0.25, 0.3) is 28.1 Å². The Balaban J connectivity index is 1.95. The molecule has 2 heterocycles. The van der Waals surface area contributed by atoms with Crippen molar-refractivity contribution in [1.82, 2.24) is 4.57 Å². The van der Waals surface area contributed by atoms with Gasteiger partial charge in [0, 0.05) is 28.2 Å². The molecule has 0 saturated carbocycles. The first-order chi connectivity index (χ1) is 15.4. The van der Waals surface area contributed by atoms with Gasteiger partial charge in [-0.2, -0.15) is 10.5 Å². The van der Waals surface area contributed by atoms with Crippen molar-refractivity contribution in [1.29, 1.82) is 10.5 Å². The van der Waals surface area contributed by atoms with Crippen LogP contribution >= 0.6 is 0 Å². The van der Waals surface area contributed by atoms with Crippen LogP contribution in [0.3, 0.4) is 0 Å². The standard InChI is InChI=1S/C25H21N5O2/c1-4-32-22(31)13-30-12-16(17-7-5-6-8-21(17)30)9-18-14(2)19(10-26)24-23(18)15(3)20(11-27)25(28)29-24/h5-9,12H,4,13H2,1-3H3,(H2,28,29)/p+1/b18-9+. The predicted molar refractivity (Wildman–Crippen MR) is 122 cm³/mol. The van der Waals surface area contributed by atoms with E-state index in [-0.39, 0.29) is 18.3 Å². The number of nitrogen functional groups attached to an aromatic ring is 1. The molecular formula is C25H22N5O2+. The number of carbonyl (C=O) groups is 1. The quantitative estimate of drug-likeness (QED) is 0.642. The number of nitriles is 2. The normalized spacial score (nSPS) is 13.8. The molecule has 32 heavy (non-hydrogen) atoms. The number of para-hydroxylation sites is 1. The largest absolute Gasteiger partial charge is 0.465 e. The number of rotatable bonds is 4. The number of H-pyrrole nitrogens is 1. The van der Waals surface area contributed by atoms with E-state index >= 15 is 0 Å². The maximum absolute atomic E-state index is 12.1. The molecule has 0 radical (unpaired) electrons. The van der Waals surface area contributed by atoms with Crippen molar-refractivity contribution in [2.45, 2.75) is 27.3 Å². The molecular weight excluding hydrogens is 402 g/mol. The molecule has 0 amide bonds. The van der Waals surface area contributed by atoms with Crippen molar-refractivity contribution < 1.29 is 14.5 Å². The van der Waals surface area contributed by atoms with Gasteiger partial charge >= 0.3 is 5.97 Å². The van der Waals surface area contributed by atoms with Gasteiger partial charge in [0.05, 0.1) is 6.61 Å². The van der Waals surface area contributed by atoms with Gasteiger partial charge in [-0.25, -0.2) is 4.98 Å². The Hall–Kier alpha value is -4.36. The lowest BCUT2D eigenvalue weighted by molar-refractivity contribution is -0.364. The zero-order chi connectivity index (χ0) is 23.0. The van der Waals surface area contributed by atoms with E-state index in [1.165, 1.54) is 0 Å². The minimum atomic E-state index is -0.305. The molecule has 0 bridgehead atoms. The van der Waals surface area contributed by atoms with E-state index < -0.39 is 0 Å². The van der Waals surface area contributed by atoms with Gasteiger partial charge in [0.15, 0.2) is 5.69 Å². The van der Waals surface area contributed by atoms with Gasteiger partial charge in [-0.05, 0) is 49.6 Å². The van der Waals surface area contributed by atoms with Crippen molar-refractivity contribution in [2.75, 3.05) is 12.3 Å². The number of ether oxygens (including phenoxy) is 1. The maximum atomic E-state index is 12.1. The van der Waals surface area contributed by atoms with E-state index in [0.29, 0.717) is 23.4 Å². The summed E-state index contributed by atoms with van der Waals surface area (Å²) in [6.45, 7) is 5.94. The Kier molecular flexibility index (Phi) is 5.26. The third-order valence-corrected chi connectivity index (χ3v) is 5.77. The molecule has 0 fully saturated rings. The SMILES string of the molecule is CCOC(=O)Cn1cc(/C=C2\C(C)=C(C#N)c3[nH+]c(N)c(C#N)c(C)c32)c2ccccc21. The highest BCUT2D eigenvalue weighted by Crippen LogP contribution is 2.43. The molecule has 0 atom stereocenters. The summed E-state index contributed by atoms with van der Waals surface area (Å²) in [5.41, 5.74) is 12.5. The van der Waals surface area contributed by atoms with E-state index in [0.717, 1.165) is 38.7 Å². The molecule has 7 nitrogen and oxygen atoms in total. The number of aromatic nitrogens is 2. The number of hydrogen-bond donors (Lipinski definition) is 1. The molecule has 2 aromatic heterocycles. The number of pyridine rings is 1. The number of allylic oxidation sites excluding steroid dienone is 3. The summed E-state index contributed by atoms with van der Waals surface area (Å²) < 4.78 is 6.98. The highest BCUT2D eigenvalue weighted by molar-refractivity contribution is 6.09. The molecule has 0 saturated heterocycles. The third kappa shape index (κ3) is 3.21. The summed E-state index contributed by atoms with van der Waals surface area (Å²) in [5.74, 6) is -0.0577. The molecule has 0 unspecified atom stereocenters. The van der Waals surface area contributed by atoms with Crippen LogP contribution in [0, 0.1) is 29.6 Å². The van der Waals surface area contributed by atoms with Crippen LogP contribution < -0.4 is 10.7 Å². The molecule has 3 aromatic rings. The second-order valence-corrected chi connectivity index (χ2v) is 7.60. The molecule has 0 spiro atoms. The first kappa shape index (κ1) is 20.9. The van der Waals surface area contributed by atoms with Crippen LogP contribution in [0.4, 0.5) is 5.82 Å². The lowest BCUT2D eigenvalue weighted by atomic mass is 9.95. The second kappa shape index (κ2) is 8.05. The minimum absolute atomic E-state index is 0.105. The van der Waals surface area contributed by atoms with Crippen molar-refractivity contribution >= 4 is 39.9 Å². The zero-order valence-electron chi connectivity index (χ0n) is 18.1. The van der Waals surface area contributed by atoms with Crippen LogP contribution in [0.1, 0.15) is 41.8 Å². The highest BCUT2D eigenvalue weighted by atomic mass is 16.5. The van der Waals surface area contributed by atoms with Crippen LogP contribution in [-0.4, -0.2) is 17.1 Å². The topological polar surface area (TPSA) is 119 Å². The maximum Gasteiger partial charge on any atom is 0.325 e.